The summed E-state index contributed by atoms with van der Waals surface area (Å²) in [7, 11) is 3.25. The molecule has 3 heteroatoms. The lowest BCUT2D eigenvalue weighted by atomic mass is 9.87. The Kier molecular flexibility index (Phi) is 5.00. The van der Waals surface area contributed by atoms with E-state index in [2.05, 4.69) is 26.0 Å². The van der Waals surface area contributed by atoms with Gasteiger partial charge in [-0.2, -0.15) is 0 Å². The van der Waals surface area contributed by atoms with E-state index in [0.717, 1.165) is 33.4 Å². The first-order chi connectivity index (χ1) is 10.8. The van der Waals surface area contributed by atoms with Crippen LogP contribution >= 0.6 is 0 Å². The summed E-state index contributed by atoms with van der Waals surface area (Å²) in [6.07, 6.45) is -0.685. The summed E-state index contributed by atoms with van der Waals surface area (Å²) < 4.78 is 10.9. The van der Waals surface area contributed by atoms with Crippen LogP contribution in [0, 0.1) is 34.6 Å². The average Bonchev–Trinajstić information content (AvgIpc) is 2.50. The van der Waals surface area contributed by atoms with Crippen LogP contribution in [0.5, 0.6) is 11.5 Å². The Morgan fingerprint density at radius 2 is 1.35 bits per heavy atom. The number of rotatable bonds is 4. The molecule has 0 aliphatic rings. The smallest absolute Gasteiger partial charge is 0.164 e. The van der Waals surface area contributed by atoms with Crippen LogP contribution in [0.3, 0.4) is 0 Å². The molecule has 0 spiro atoms. The van der Waals surface area contributed by atoms with Crippen molar-refractivity contribution >= 4 is 0 Å². The van der Waals surface area contributed by atoms with Crippen LogP contribution < -0.4 is 9.47 Å². The van der Waals surface area contributed by atoms with Crippen molar-refractivity contribution in [2.45, 2.75) is 40.7 Å². The highest BCUT2D eigenvalue weighted by atomic mass is 16.5. The molecule has 2 rings (SSSR count). The highest BCUT2D eigenvalue weighted by Gasteiger charge is 2.24. The van der Waals surface area contributed by atoms with Crippen molar-refractivity contribution in [3.63, 3.8) is 0 Å². The number of benzene rings is 2. The van der Waals surface area contributed by atoms with E-state index in [-0.39, 0.29) is 0 Å². The van der Waals surface area contributed by atoms with Gasteiger partial charge in [-0.1, -0.05) is 12.1 Å². The SMILES string of the molecule is COc1cc(C)c(C(O)c2c(C)ccc(C)c2C)c(C)c1OC. The first-order valence-corrected chi connectivity index (χ1v) is 7.80. The molecule has 0 saturated carbocycles. The minimum atomic E-state index is -0.685. The standard InChI is InChI=1S/C20H26O3/c1-11-8-9-12(2)17(14(11)4)19(21)18-13(3)10-16(22-6)20(23-7)15(18)5/h8-10,19,21H,1-7H3. The molecule has 1 atom stereocenters. The van der Waals surface area contributed by atoms with Gasteiger partial charge in [0.25, 0.3) is 0 Å². The molecule has 2 aromatic carbocycles. The van der Waals surface area contributed by atoms with Crippen LogP contribution in [0.2, 0.25) is 0 Å². The van der Waals surface area contributed by atoms with Crippen LogP contribution in [0.15, 0.2) is 18.2 Å². The molecule has 124 valence electrons. The van der Waals surface area contributed by atoms with Crippen molar-refractivity contribution in [2.24, 2.45) is 0 Å². The van der Waals surface area contributed by atoms with Gasteiger partial charge in [-0.25, -0.2) is 0 Å². The number of ether oxygens (including phenoxy) is 2. The number of aryl methyl sites for hydroxylation is 3. The van der Waals surface area contributed by atoms with Crippen molar-refractivity contribution in [1.82, 2.24) is 0 Å². The fraction of sp³-hybridized carbons (Fsp3) is 0.400. The molecule has 2 aromatic rings. The van der Waals surface area contributed by atoms with E-state index in [9.17, 15) is 5.11 Å². The molecule has 0 saturated heterocycles. The van der Waals surface area contributed by atoms with E-state index in [4.69, 9.17) is 9.47 Å². The van der Waals surface area contributed by atoms with Crippen molar-refractivity contribution in [3.05, 3.63) is 57.1 Å². The lowest BCUT2D eigenvalue weighted by Crippen LogP contribution is -2.10. The number of methoxy groups -OCH3 is 2. The summed E-state index contributed by atoms with van der Waals surface area (Å²) in [5, 5.41) is 11.1. The van der Waals surface area contributed by atoms with Gasteiger partial charge in [0.15, 0.2) is 11.5 Å². The van der Waals surface area contributed by atoms with Crippen LogP contribution in [0.25, 0.3) is 0 Å². The number of hydrogen-bond acceptors (Lipinski definition) is 3. The summed E-state index contributed by atoms with van der Waals surface area (Å²) in [6.45, 7) is 10.1. The van der Waals surface area contributed by atoms with E-state index in [1.54, 1.807) is 14.2 Å². The van der Waals surface area contributed by atoms with Crippen LogP contribution in [-0.4, -0.2) is 19.3 Å². The molecule has 1 unspecified atom stereocenters. The molecule has 0 heterocycles. The maximum atomic E-state index is 11.1. The Morgan fingerprint density at radius 1 is 0.783 bits per heavy atom. The van der Waals surface area contributed by atoms with Crippen LogP contribution in [-0.2, 0) is 0 Å². The zero-order chi connectivity index (χ0) is 17.3. The minimum Gasteiger partial charge on any atom is -0.493 e. The maximum Gasteiger partial charge on any atom is 0.164 e. The Morgan fingerprint density at radius 3 is 1.91 bits per heavy atom. The summed E-state index contributed by atoms with van der Waals surface area (Å²) in [5.41, 5.74) is 7.17. The van der Waals surface area contributed by atoms with Gasteiger partial charge in [-0.05, 0) is 74.1 Å². The lowest BCUT2D eigenvalue weighted by molar-refractivity contribution is 0.216. The summed E-state index contributed by atoms with van der Waals surface area (Å²) >= 11 is 0. The van der Waals surface area contributed by atoms with Gasteiger partial charge in [0.1, 0.15) is 6.10 Å². The Bertz CT molecular complexity index is 732. The van der Waals surface area contributed by atoms with Crippen molar-refractivity contribution in [2.75, 3.05) is 14.2 Å². The lowest BCUT2D eigenvalue weighted by Gasteiger charge is -2.24. The van der Waals surface area contributed by atoms with Gasteiger partial charge < -0.3 is 14.6 Å². The Balaban J connectivity index is 2.70. The molecule has 0 aromatic heterocycles. The zero-order valence-electron chi connectivity index (χ0n) is 15.1. The first-order valence-electron chi connectivity index (χ1n) is 7.80. The second kappa shape index (κ2) is 6.63. The largest absolute Gasteiger partial charge is 0.493 e. The quantitative estimate of drug-likeness (QED) is 0.913. The van der Waals surface area contributed by atoms with E-state index in [1.165, 1.54) is 5.56 Å². The maximum absolute atomic E-state index is 11.1. The molecular formula is C20H26O3. The zero-order valence-corrected chi connectivity index (χ0v) is 15.1. The molecule has 0 amide bonds. The van der Waals surface area contributed by atoms with Gasteiger partial charge >= 0.3 is 0 Å². The van der Waals surface area contributed by atoms with Gasteiger partial charge in [-0.3, -0.25) is 0 Å². The number of aliphatic hydroxyl groups excluding tert-OH is 1. The van der Waals surface area contributed by atoms with Crippen LogP contribution in [0.1, 0.15) is 45.0 Å². The molecule has 1 N–H and O–H groups in total. The third-order valence-electron chi connectivity index (χ3n) is 4.72. The normalized spacial score (nSPS) is 12.2. The highest BCUT2D eigenvalue weighted by molar-refractivity contribution is 5.57. The van der Waals surface area contributed by atoms with E-state index in [0.29, 0.717) is 11.5 Å². The molecule has 3 nitrogen and oxygen atoms in total. The molecular weight excluding hydrogens is 288 g/mol. The molecule has 0 bridgehead atoms. The highest BCUT2D eigenvalue weighted by Crippen LogP contribution is 2.40. The molecule has 23 heavy (non-hydrogen) atoms. The number of hydrogen-bond donors (Lipinski definition) is 1. The van der Waals surface area contributed by atoms with E-state index >= 15 is 0 Å². The van der Waals surface area contributed by atoms with Gasteiger partial charge in [0.2, 0.25) is 0 Å². The van der Waals surface area contributed by atoms with E-state index in [1.807, 2.05) is 26.8 Å². The van der Waals surface area contributed by atoms with Gasteiger partial charge in [0.05, 0.1) is 14.2 Å². The van der Waals surface area contributed by atoms with Crippen molar-refractivity contribution in [3.8, 4) is 11.5 Å². The van der Waals surface area contributed by atoms with Gasteiger partial charge in [-0.15, -0.1) is 0 Å². The Hall–Kier alpha value is -2.00. The summed E-state index contributed by atoms with van der Waals surface area (Å²) in [4.78, 5) is 0. The van der Waals surface area contributed by atoms with Gasteiger partial charge in [0, 0.05) is 5.56 Å². The second-order valence-corrected chi connectivity index (χ2v) is 6.11. The average molecular weight is 314 g/mol. The molecule has 0 radical (unpaired) electrons. The fourth-order valence-electron chi connectivity index (χ4n) is 3.31. The first kappa shape index (κ1) is 17.4. The van der Waals surface area contributed by atoms with E-state index < -0.39 is 6.10 Å². The third-order valence-corrected chi connectivity index (χ3v) is 4.72. The Labute approximate surface area is 138 Å². The third kappa shape index (κ3) is 2.93. The topological polar surface area (TPSA) is 38.7 Å². The monoisotopic (exact) mass is 314 g/mol. The summed E-state index contributed by atoms with van der Waals surface area (Å²) in [6, 6.07) is 6.08. The molecule has 0 aliphatic carbocycles. The molecule has 0 aliphatic heterocycles. The summed E-state index contributed by atoms with van der Waals surface area (Å²) in [5.74, 6) is 1.37. The second-order valence-electron chi connectivity index (χ2n) is 6.11. The fourth-order valence-corrected chi connectivity index (χ4v) is 3.31. The van der Waals surface area contributed by atoms with Crippen molar-refractivity contribution in [1.29, 1.82) is 0 Å². The van der Waals surface area contributed by atoms with Crippen LogP contribution in [0.4, 0.5) is 0 Å². The predicted octanol–water partition coefficient (Wildman–Crippen LogP) is 4.33. The van der Waals surface area contributed by atoms with Crippen molar-refractivity contribution < 1.29 is 14.6 Å². The predicted molar refractivity (Wildman–Crippen MR) is 93.7 cm³/mol. The number of aliphatic hydroxyl groups is 1. The molecule has 0 fully saturated rings. The minimum absolute atomic E-state index is 0.676.